The Balaban J connectivity index is 1.16. The lowest BCUT2D eigenvalue weighted by Crippen LogP contribution is -2.49. The summed E-state index contributed by atoms with van der Waals surface area (Å²) in [6, 6.07) is 19.3. The van der Waals surface area contributed by atoms with Crippen LogP contribution in [0.1, 0.15) is 69.6 Å². The van der Waals surface area contributed by atoms with Gasteiger partial charge in [0.25, 0.3) is 0 Å². The maximum absolute atomic E-state index is 17.4. The van der Waals surface area contributed by atoms with Gasteiger partial charge in [-0.2, -0.15) is 9.97 Å². The van der Waals surface area contributed by atoms with Crippen LogP contribution in [0.25, 0.3) is 22.3 Å². The lowest BCUT2D eigenvalue weighted by atomic mass is 9.95. The van der Waals surface area contributed by atoms with E-state index < -0.39 is 29.2 Å². The van der Waals surface area contributed by atoms with Crippen molar-refractivity contribution in [3.05, 3.63) is 89.4 Å². The van der Waals surface area contributed by atoms with Gasteiger partial charge in [0.2, 0.25) is 0 Å². The second-order valence-electron chi connectivity index (χ2n) is 17.7. The molecule has 0 saturated carbocycles. The highest BCUT2D eigenvalue weighted by Gasteiger charge is 2.49. The van der Waals surface area contributed by atoms with Crippen molar-refractivity contribution in [2.24, 2.45) is 0 Å². The number of ether oxygens (including phenoxy) is 4. The molecule has 1 N–H and O–H groups in total. The number of alkyl halides is 1. The van der Waals surface area contributed by atoms with Gasteiger partial charge in [0.15, 0.2) is 5.82 Å². The molecule has 1 amide bonds. The fourth-order valence-corrected chi connectivity index (χ4v) is 8.97. The fraction of sp³-hybridized carbons (Fsp3) is 0.468. The monoisotopic (exact) mass is 850 g/mol. The maximum Gasteiger partial charge on any atom is 0.407 e. The van der Waals surface area contributed by atoms with E-state index in [2.05, 4.69) is 15.1 Å². The van der Waals surface area contributed by atoms with Crippen LogP contribution in [0.3, 0.4) is 0 Å². The molecular weight excluding hydrogens is 795 g/mol. The fourth-order valence-electron chi connectivity index (χ4n) is 8.97. The van der Waals surface area contributed by atoms with Gasteiger partial charge in [0, 0.05) is 51.4 Å². The van der Waals surface area contributed by atoms with Gasteiger partial charge in [-0.3, -0.25) is 9.88 Å². The number of methoxy groups -OCH3 is 2. The number of nitrogens with one attached hydrogen (secondary N) is 1. The number of amides is 1. The minimum Gasteiger partial charge on any atom is -0.497 e. The Morgan fingerprint density at radius 2 is 1.63 bits per heavy atom. The minimum absolute atomic E-state index is 0.00245. The number of aryl methyl sites for hydroxylation is 1. The molecule has 3 aliphatic heterocycles. The molecule has 2 aromatic carbocycles. The lowest BCUT2D eigenvalue weighted by molar-refractivity contribution is 0.0500. The number of aromatic nitrogens is 4. The number of hydrogen-bond acceptors (Lipinski definition) is 12. The van der Waals surface area contributed by atoms with Gasteiger partial charge in [-0.05, 0) is 113 Å². The Hall–Kier alpha value is -5.83. The van der Waals surface area contributed by atoms with Crippen LogP contribution >= 0.6 is 0 Å². The molecule has 8 rings (SSSR count). The normalized spacial score (nSPS) is 20.2. The topological polar surface area (TPSA) is 127 Å². The van der Waals surface area contributed by atoms with Crippen molar-refractivity contribution in [3.8, 4) is 28.9 Å². The van der Waals surface area contributed by atoms with Crippen molar-refractivity contribution in [1.29, 1.82) is 0 Å². The zero-order valence-corrected chi connectivity index (χ0v) is 36.4. The molecule has 328 valence electrons. The van der Waals surface area contributed by atoms with E-state index in [0.29, 0.717) is 61.9 Å². The molecule has 5 aromatic rings. The zero-order chi connectivity index (χ0) is 43.6. The van der Waals surface area contributed by atoms with Crippen LogP contribution in [0.2, 0.25) is 0 Å². The number of halogens is 2. The Labute approximate surface area is 361 Å². The Morgan fingerprint density at radius 3 is 2.29 bits per heavy atom. The Bertz CT molecular complexity index is 2330. The summed E-state index contributed by atoms with van der Waals surface area (Å²) in [5, 5.41) is 3.40. The second-order valence-corrected chi connectivity index (χ2v) is 17.7. The van der Waals surface area contributed by atoms with Crippen molar-refractivity contribution in [1.82, 2.24) is 30.2 Å². The van der Waals surface area contributed by atoms with Gasteiger partial charge in [-0.15, -0.1) is 0 Å². The third kappa shape index (κ3) is 9.62. The standard InChI is InChI=1S/C47H56F2N8O5/c1-30-21-38(52-39(22-30)56(25-31-10-14-35(59-5)15-11-31)26-32-12-16-36(60-6)17-13-32)42-40(49)41-37(24-50-42)43(55-19-7-9-34(28-55)51-45(58)62-46(2,3)4)54-44(53-41)61-29-47-18-8-20-57(47)27-33(48)23-47/h10-17,21-22,24,33-34H,7-9,18-20,23,25-29H2,1-6H3,(H,51,58)/t33-,34+,47+/m1/s1. The number of hydrogen-bond donors (Lipinski definition) is 1. The molecule has 3 fully saturated rings. The van der Waals surface area contributed by atoms with E-state index in [-0.39, 0.29) is 29.9 Å². The zero-order valence-electron chi connectivity index (χ0n) is 36.4. The van der Waals surface area contributed by atoms with Crippen molar-refractivity contribution < 1.29 is 32.5 Å². The number of fused-ring (bicyclic) bond motifs is 2. The number of carbonyl (C=O) groups is 1. The predicted octanol–water partition coefficient (Wildman–Crippen LogP) is 8.21. The highest BCUT2D eigenvalue weighted by Crippen LogP contribution is 2.41. The van der Waals surface area contributed by atoms with Gasteiger partial charge in [0.05, 0.1) is 30.8 Å². The SMILES string of the molecule is COc1ccc(CN(Cc2ccc(OC)cc2)c2cc(C)cc(-c3ncc4c(N5CCC[C@H](NC(=O)OC(C)(C)C)C5)nc(OC[C@@]56CCCN5C[C@H](F)C6)nc4c3F)n2)cc1. The van der Waals surface area contributed by atoms with Crippen molar-refractivity contribution in [3.63, 3.8) is 0 Å². The Morgan fingerprint density at radius 1 is 0.935 bits per heavy atom. The second kappa shape index (κ2) is 17.9. The molecular formula is C47H56F2N8O5. The van der Waals surface area contributed by atoms with Gasteiger partial charge in [0.1, 0.15) is 52.7 Å². The molecule has 6 heterocycles. The Kier molecular flexibility index (Phi) is 12.4. The van der Waals surface area contributed by atoms with Crippen molar-refractivity contribution in [2.45, 2.75) is 96.2 Å². The molecule has 3 saturated heterocycles. The van der Waals surface area contributed by atoms with E-state index in [1.807, 2.05) is 93.3 Å². The number of pyridine rings is 2. The van der Waals surface area contributed by atoms with Crippen LogP contribution in [0.15, 0.2) is 66.9 Å². The first kappa shape index (κ1) is 42.8. The number of alkyl carbamates (subject to hydrolysis) is 1. The van der Waals surface area contributed by atoms with Gasteiger partial charge in [-0.25, -0.2) is 18.6 Å². The molecule has 0 unspecified atom stereocenters. The van der Waals surface area contributed by atoms with Crippen molar-refractivity contribution in [2.75, 3.05) is 56.8 Å². The molecule has 0 aliphatic carbocycles. The number of piperidine rings is 1. The third-order valence-electron chi connectivity index (χ3n) is 11.9. The van der Waals surface area contributed by atoms with Crippen LogP contribution in [0.4, 0.5) is 25.2 Å². The van der Waals surface area contributed by atoms with E-state index in [1.165, 1.54) is 0 Å². The first-order chi connectivity index (χ1) is 29.8. The summed E-state index contributed by atoms with van der Waals surface area (Å²) < 4.78 is 54.8. The number of nitrogens with zero attached hydrogens (tertiary/aromatic N) is 7. The molecule has 3 atom stereocenters. The molecule has 3 aromatic heterocycles. The summed E-state index contributed by atoms with van der Waals surface area (Å²) in [7, 11) is 3.28. The number of anilines is 2. The van der Waals surface area contributed by atoms with Crippen LogP contribution < -0.4 is 29.3 Å². The van der Waals surface area contributed by atoms with Crippen LogP contribution in [0.5, 0.6) is 17.5 Å². The van der Waals surface area contributed by atoms with Gasteiger partial charge >= 0.3 is 12.1 Å². The lowest BCUT2D eigenvalue weighted by Gasteiger charge is -2.35. The average molecular weight is 851 g/mol. The molecule has 0 radical (unpaired) electrons. The highest BCUT2D eigenvalue weighted by atomic mass is 19.1. The summed E-state index contributed by atoms with van der Waals surface area (Å²) in [6.07, 6.45) is 3.75. The van der Waals surface area contributed by atoms with Crippen LogP contribution in [0, 0.1) is 12.7 Å². The summed E-state index contributed by atoms with van der Waals surface area (Å²) in [5.74, 6) is 1.93. The summed E-state index contributed by atoms with van der Waals surface area (Å²) in [4.78, 5) is 38.4. The first-order valence-electron chi connectivity index (χ1n) is 21.4. The number of rotatable bonds is 13. The van der Waals surface area contributed by atoms with Crippen LogP contribution in [-0.4, -0.2) is 101 Å². The quantitative estimate of drug-likeness (QED) is 0.123. The van der Waals surface area contributed by atoms with Crippen LogP contribution in [-0.2, 0) is 17.8 Å². The van der Waals surface area contributed by atoms with E-state index in [1.54, 1.807) is 20.4 Å². The van der Waals surface area contributed by atoms with E-state index in [9.17, 15) is 9.18 Å². The molecule has 0 bridgehead atoms. The van der Waals surface area contributed by atoms with Gasteiger partial charge < -0.3 is 34.1 Å². The maximum atomic E-state index is 17.4. The number of benzene rings is 2. The van der Waals surface area contributed by atoms with E-state index >= 15 is 4.39 Å². The van der Waals surface area contributed by atoms with Crippen molar-refractivity contribution >= 4 is 28.6 Å². The minimum atomic E-state index is -0.934. The summed E-state index contributed by atoms with van der Waals surface area (Å²) in [6.45, 7) is 10.8. The molecule has 15 heteroatoms. The molecule has 3 aliphatic rings. The third-order valence-corrected chi connectivity index (χ3v) is 11.9. The highest BCUT2D eigenvalue weighted by molar-refractivity contribution is 5.92. The summed E-state index contributed by atoms with van der Waals surface area (Å²) in [5.41, 5.74) is 2.25. The first-order valence-corrected chi connectivity index (χ1v) is 21.4. The number of carbonyl (C=O) groups excluding carboxylic acids is 1. The van der Waals surface area contributed by atoms with Gasteiger partial charge in [-0.1, -0.05) is 24.3 Å². The average Bonchev–Trinajstić information content (AvgIpc) is 3.78. The molecule has 62 heavy (non-hydrogen) atoms. The largest absolute Gasteiger partial charge is 0.497 e. The molecule has 13 nitrogen and oxygen atoms in total. The van der Waals surface area contributed by atoms with E-state index in [4.69, 9.17) is 38.9 Å². The predicted molar refractivity (Wildman–Crippen MR) is 234 cm³/mol. The smallest absolute Gasteiger partial charge is 0.407 e. The molecule has 0 spiro atoms. The van der Waals surface area contributed by atoms with E-state index in [0.717, 1.165) is 60.4 Å². The summed E-state index contributed by atoms with van der Waals surface area (Å²) >= 11 is 0.